The summed E-state index contributed by atoms with van der Waals surface area (Å²) in [7, 11) is 0. The molecule has 0 aromatic heterocycles. The molecule has 0 unspecified atom stereocenters. The lowest BCUT2D eigenvalue weighted by atomic mass is 10.3. The first kappa shape index (κ1) is 9.99. The van der Waals surface area contributed by atoms with Crippen molar-refractivity contribution in [2.24, 2.45) is 0 Å². The summed E-state index contributed by atoms with van der Waals surface area (Å²) in [6.45, 7) is 0.634. The van der Waals surface area contributed by atoms with Crippen LogP contribution in [0.15, 0.2) is 0 Å². The second kappa shape index (κ2) is 7.10. The summed E-state index contributed by atoms with van der Waals surface area (Å²) in [5.41, 5.74) is 0. The van der Waals surface area contributed by atoms with Crippen LogP contribution in [0, 0.1) is 12.3 Å². The van der Waals surface area contributed by atoms with Gasteiger partial charge < -0.3 is 10.4 Å². The Kier molecular flexibility index (Phi) is 6.45. The van der Waals surface area contributed by atoms with Crippen molar-refractivity contribution in [3.63, 3.8) is 0 Å². The van der Waals surface area contributed by atoms with E-state index in [1.165, 1.54) is 0 Å². The van der Waals surface area contributed by atoms with E-state index in [0.717, 1.165) is 0 Å². The molecule has 0 aliphatic rings. The summed E-state index contributed by atoms with van der Waals surface area (Å²) in [6.07, 6.45) is 6.41. The summed E-state index contributed by atoms with van der Waals surface area (Å²) in [5.74, 6) is 2.33. The van der Waals surface area contributed by atoms with Crippen LogP contribution in [0.3, 0.4) is 0 Å². The molecular formula is C8H13NO2. The fourth-order valence-electron chi connectivity index (χ4n) is 0.581. The van der Waals surface area contributed by atoms with E-state index in [1.807, 2.05) is 0 Å². The Morgan fingerprint density at radius 2 is 2.36 bits per heavy atom. The van der Waals surface area contributed by atoms with Crippen LogP contribution in [-0.4, -0.2) is 24.2 Å². The van der Waals surface area contributed by atoms with Crippen LogP contribution >= 0.6 is 0 Å². The van der Waals surface area contributed by atoms with Gasteiger partial charge in [-0.25, -0.2) is 0 Å². The first-order valence-electron chi connectivity index (χ1n) is 3.62. The van der Waals surface area contributed by atoms with Gasteiger partial charge in [-0.05, 0) is 6.42 Å². The van der Waals surface area contributed by atoms with Crippen LogP contribution in [0.4, 0.5) is 0 Å². The Morgan fingerprint density at radius 1 is 1.64 bits per heavy atom. The normalized spacial score (nSPS) is 8.73. The molecular weight excluding hydrogens is 142 g/mol. The highest BCUT2D eigenvalue weighted by atomic mass is 16.3. The van der Waals surface area contributed by atoms with Crippen molar-refractivity contribution < 1.29 is 9.90 Å². The minimum absolute atomic E-state index is 0.0450. The maximum Gasteiger partial charge on any atom is 0.220 e. The van der Waals surface area contributed by atoms with Gasteiger partial charge in [0.05, 0.1) is 0 Å². The molecule has 1 amide bonds. The molecule has 0 fully saturated rings. The Balaban J connectivity index is 3.17. The highest BCUT2D eigenvalue weighted by Crippen LogP contribution is 1.85. The van der Waals surface area contributed by atoms with E-state index in [0.29, 0.717) is 25.8 Å². The molecule has 0 heterocycles. The molecule has 11 heavy (non-hydrogen) atoms. The third-order valence-corrected chi connectivity index (χ3v) is 1.15. The van der Waals surface area contributed by atoms with Gasteiger partial charge in [-0.3, -0.25) is 4.79 Å². The van der Waals surface area contributed by atoms with Crippen molar-refractivity contribution >= 4 is 5.91 Å². The van der Waals surface area contributed by atoms with Gasteiger partial charge in [-0.15, -0.1) is 12.3 Å². The largest absolute Gasteiger partial charge is 0.396 e. The molecule has 0 aliphatic carbocycles. The van der Waals surface area contributed by atoms with Crippen LogP contribution < -0.4 is 5.32 Å². The quantitative estimate of drug-likeness (QED) is 0.430. The van der Waals surface area contributed by atoms with Crippen molar-refractivity contribution in [2.45, 2.75) is 19.3 Å². The molecule has 62 valence electrons. The zero-order chi connectivity index (χ0) is 8.53. The molecule has 0 radical (unpaired) electrons. The Labute approximate surface area is 66.8 Å². The van der Waals surface area contributed by atoms with Gasteiger partial charge in [0.2, 0.25) is 5.91 Å². The summed E-state index contributed by atoms with van der Waals surface area (Å²) in [6, 6.07) is 0. The SMILES string of the molecule is C#CCCC(=O)NCCCO. The predicted molar refractivity (Wildman–Crippen MR) is 42.8 cm³/mol. The predicted octanol–water partition coefficient (Wildman–Crippen LogP) is -0.102. The van der Waals surface area contributed by atoms with Crippen LogP contribution in [0.1, 0.15) is 19.3 Å². The van der Waals surface area contributed by atoms with Gasteiger partial charge in [0, 0.05) is 26.0 Å². The number of hydrogen-bond donors (Lipinski definition) is 2. The summed E-state index contributed by atoms with van der Waals surface area (Å²) in [5, 5.41) is 11.0. The van der Waals surface area contributed by atoms with Crippen LogP contribution in [-0.2, 0) is 4.79 Å². The first-order chi connectivity index (χ1) is 5.31. The zero-order valence-electron chi connectivity index (χ0n) is 6.47. The molecule has 0 atom stereocenters. The molecule has 0 rings (SSSR count). The van der Waals surface area contributed by atoms with Gasteiger partial charge in [-0.2, -0.15) is 0 Å². The van der Waals surface area contributed by atoms with E-state index in [9.17, 15) is 4.79 Å². The molecule has 0 saturated heterocycles. The lowest BCUT2D eigenvalue weighted by Crippen LogP contribution is -2.24. The van der Waals surface area contributed by atoms with E-state index in [4.69, 9.17) is 11.5 Å². The lowest BCUT2D eigenvalue weighted by Gasteiger charge is -2.00. The molecule has 0 aliphatic heterocycles. The van der Waals surface area contributed by atoms with Crippen LogP contribution in [0.2, 0.25) is 0 Å². The van der Waals surface area contributed by atoms with Crippen molar-refractivity contribution in [3.8, 4) is 12.3 Å². The lowest BCUT2D eigenvalue weighted by molar-refractivity contribution is -0.121. The van der Waals surface area contributed by atoms with Gasteiger partial charge in [0.15, 0.2) is 0 Å². The van der Waals surface area contributed by atoms with Gasteiger partial charge in [-0.1, -0.05) is 0 Å². The number of aliphatic hydroxyl groups is 1. The Hall–Kier alpha value is -1.01. The number of hydrogen-bond acceptors (Lipinski definition) is 2. The van der Waals surface area contributed by atoms with E-state index in [1.54, 1.807) is 0 Å². The van der Waals surface area contributed by atoms with Crippen molar-refractivity contribution in [1.29, 1.82) is 0 Å². The highest BCUT2D eigenvalue weighted by molar-refractivity contribution is 5.76. The van der Waals surface area contributed by atoms with E-state index < -0.39 is 0 Å². The first-order valence-corrected chi connectivity index (χ1v) is 3.62. The molecule has 3 heteroatoms. The molecule has 3 nitrogen and oxygen atoms in total. The van der Waals surface area contributed by atoms with Crippen LogP contribution in [0.25, 0.3) is 0 Å². The molecule has 2 N–H and O–H groups in total. The van der Waals surface area contributed by atoms with Gasteiger partial charge in [0.25, 0.3) is 0 Å². The van der Waals surface area contributed by atoms with E-state index in [-0.39, 0.29) is 12.5 Å². The topological polar surface area (TPSA) is 49.3 Å². The zero-order valence-corrected chi connectivity index (χ0v) is 6.47. The monoisotopic (exact) mass is 155 g/mol. The second-order valence-electron chi connectivity index (χ2n) is 2.13. The third kappa shape index (κ3) is 6.88. The van der Waals surface area contributed by atoms with E-state index in [2.05, 4.69) is 11.2 Å². The Bertz CT molecular complexity index is 149. The summed E-state index contributed by atoms with van der Waals surface area (Å²) >= 11 is 0. The van der Waals surface area contributed by atoms with Crippen LogP contribution in [0.5, 0.6) is 0 Å². The maximum atomic E-state index is 10.8. The number of nitrogens with one attached hydrogen (secondary N) is 1. The van der Waals surface area contributed by atoms with Crippen molar-refractivity contribution in [1.82, 2.24) is 5.32 Å². The number of amides is 1. The molecule has 0 spiro atoms. The smallest absolute Gasteiger partial charge is 0.220 e. The molecule has 0 aromatic rings. The fourth-order valence-corrected chi connectivity index (χ4v) is 0.581. The molecule has 0 saturated carbocycles. The van der Waals surface area contributed by atoms with E-state index >= 15 is 0 Å². The number of aliphatic hydroxyl groups excluding tert-OH is 1. The highest BCUT2D eigenvalue weighted by Gasteiger charge is 1.96. The number of carbonyl (C=O) groups is 1. The summed E-state index contributed by atoms with van der Waals surface area (Å²) < 4.78 is 0. The van der Waals surface area contributed by atoms with Crippen molar-refractivity contribution in [2.75, 3.05) is 13.2 Å². The second-order valence-corrected chi connectivity index (χ2v) is 2.13. The summed E-state index contributed by atoms with van der Waals surface area (Å²) in [4.78, 5) is 10.8. The molecule has 0 bridgehead atoms. The average molecular weight is 155 g/mol. The Morgan fingerprint density at radius 3 is 2.91 bits per heavy atom. The standard InChI is InChI=1S/C8H13NO2/c1-2-3-5-8(11)9-6-4-7-10/h1,10H,3-7H2,(H,9,11). The minimum Gasteiger partial charge on any atom is -0.396 e. The fraction of sp³-hybridized carbons (Fsp3) is 0.625. The molecule has 0 aromatic carbocycles. The van der Waals surface area contributed by atoms with Gasteiger partial charge in [0.1, 0.15) is 0 Å². The van der Waals surface area contributed by atoms with Gasteiger partial charge >= 0.3 is 0 Å². The number of terminal acetylenes is 1. The van der Waals surface area contributed by atoms with Crippen molar-refractivity contribution in [3.05, 3.63) is 0 Å². The number of carbonyl (C=O) groups excluding carboxylic acids is 1. The third-order valence-electron chi connectivity index (χ3n) is 1.15. The maximum absolute atomic E-state index is 10.8. The minimum atomic E-state index is -0.0450. The average Bonchev–Trinajstić information content (AvgIpc) is 2.01. The number of rotatable bonds is 5.